The highest BCUT2D eigenvalue weighted by Crippen LogP contribution is 2.34. The Kier molecular flexibility index (Phi) is 9.63. The molecule has 0 saturated carbocycles. The third-order valence-electron chi connectivity index (χ3n) is 8.34. The van der Waals surface area contributed by atoms with Crippen molar-refractivity contribution in [1.29, 1.82) is 5.26 Å². The molecule has 1 aliphatic carbocycles. The minimum atomic E-state index is -4.58. The first-order valence-corrected chi connectivity index (χ1v) is 14.4. The Bertz CT molecular complexity index is 1140. The van der Waals surface area contributed by atoms with E-state index in [1.807, 2.05) is 4.90 Å². The minimum absolute atomic E-state index is 0.0159. The number of anilines is 1. The van der Waals surface area contributed by atoms with E-state index in [4.69, 9.17) is 5.26 Å². The predicted octanol–water partition coefficient (Wildman–Crippen LogP) is 5.68. The third-order valence-corrected chi connectivity index (χ3v) is 8.34. The fourth-order valence-corrected chi connectivity index (χ4v) is 5.87. The molecule has 1 amide bonds. The molecule has 9 heteroatoms. The van der Waals surface area contributed by atoms with Crippen LogP contribution < -0.4 is 5.32 Å². The zero-order valence-corrected chi connectivity index (χ0v) is 23.9. The van der Waals surface area contributed by atoms with Gasteiger partial charge in [0.25, 0.3) is 0 Å². The van der Waals surface area contributed by atoms with Crippen LogP contribution in [0.25, 0.3) is 0 Å². The number of likely N-dealkylation sites (tertiary alicyclic amines) is 1. The molecule has 2 heterocycles. The number of allylic oxidation sites excluding steroid dienone is 2. The second-order valence-corrected chi connectivity index (χ2v) is 12.2. The van der Waals surface area contributed by atoms with Gasteiger partial charge in [-0.1, -0.05) is 39.0 Å². The summed E-state index contributed by atoms with van der Waals surface area (Å²) in [6, 6.07) is 5.77. The molecule has 1 aromatic carbocycles. The van der Waals surface area contributed by atoms with E-state index in [-0.39, 0.29) is 22.9 Å². The van der Waals surface area contributed by atoms with Crippen LogP contribution in [0, 0.1) is 16.7 Å². The maximum atomic E-state index is 13.3. The first-order chi connectivity index (χ1) is 18.9. The van der Waals surface area contributed by atoms with Crippen LogP contribution in [0.5, 0.6) is 0 Å². The number of benzene rings is 1. The monoisotopic (exact) mass is 557 g/mol. The van der Waals surface area contributed by atoms with E-state index in [0.29, 0.717) is 44.1 Å². The van der Waals surface area contributed by atoms with Gasteiger partial charge in [0.05, 0.1) is 17.2 Å². The predicted molar refractivity (Wildman–Crippen MR) is 152 cm³/mol. The molecule has 0 radical (unpaired) electrons. The van der Waals surface area contributed by atoms with Crippen LogP contribution in [-0.4, -0.2) is 78.5 Å². The Morgan fingerprint density at radius 3 is 2.45 bits per heavy atom. The highest BCUT2D eigenvalue weighted by atomic mass is 19.4. The van der Waals surface area contributed by atoms with Gasteiger partial charge in [0.2, 0.25) is 5.91 Å². The van der Waals surface area contributed by atoms with Gasteiger partial charge in [0, 0.05) is 63.5 Å². The van der Waals surface area contributed by atoms with Crippen molar-refractivity contribution in [3.8, 4) is 6.07 Å². The molecule has 2 fully saturated rings. The van der Waals surface area contributed by atoms with Gasteiger partial charge < -0.3 is 15.1 Å². The quantitative estimate of drug-likeness (QED) is 0.488. The Morgan fingerprint density at radius 1 is 1.07 bits per heavy atom. The van der Waals surface area contributed by atoms with Crippen molar-refractivity contribution in [1.82, 2.24) is 14.7 Å². The van der Waals surface area contributed by atoms with Gasteiger partial charge in [-0.3, -0.25) is 9.69 Å². The normalized spacial score (nSPS) is 22.0. The van der Waals surface area contributed by atoms with Crippen LogP contribution in [0.2, 0.25) is 0 Å². The number of halogens is 3. The summed E-state index contributed by atoms with van der Waals surface area (Å²) in [6.07, 6.45) is 6.44. The lowest BCUT2D eigenvalue weighted by molar-refractivity contribution is -0.137. The molecule has 4 rings (SSSR count). The Labute approximate surface area is 236 Å². The number of amides is 1. The summed E-state index contributed by atoms with van der Waals surface area (Å²) in [5, 5.41) is 12.2. The maximum absolute atomic E-state index is 13.3. The highest BCUT2D eigenvalue weighted by Gasteiger charge is 2.34. The fraction of sp³-hybridized carbons (Fsp3) is 0.613. The molecule has 3 aliphatic rings. The highest BCUT2D eigenvalue weighted by molar-refractivity contribution is 5.76. The first-order valence-electron chi connectivity index (χ1n) is 14.4. The number of alkyl halides is 3. The van der Waals surface area contributed by atoms with Crippen molar-refractivity contribution < 1.29 is 18.0 Å². The van der Waals surface area contributed by atoms with Gasteiger partial charge in [0.15, 0.2) is 0 Å². The number of carbonyl (C=O) groups excluding carboxylic acids is 1. The number of nitriles is 1. The van der Waals surface area contributed by atoms with Crippen LogP contribution in [0.15, 0.2) is 42.0 Å². The first kappa shape index (κ1) is 30.1. The summed E-state index contributed by atoms with van der Waals surface area (Å²) < 4.78 is 39.8. The molecule has 1 aromatic rings. The maximum Gasteiger partial charge on any atom is 0.417 e. The van der Waals surface area contributed by atoms with Crippen molar-refractivity contribution in [3.63, 3.8) is 0 Å². The largest absolute Gasteiger partial charge is 0.417 e. The van der Waals surface area contributed by atoms with Crippen molar-refractivity contribution in [2.75, 3.05) is 51.1 Å². The standard InChI is InChI=1S/C31H42F3N5O/c1-30(2,3)24-6-9-27(10-7-24)38-15-4-14-37(19-20-38)16-13-29(40)39-17-11-25(12-18-39)36-26-8-5-23(22-35)28(21-26)31(32,33)34/h5-9,21,25,27,36H,4,10-20H2,1-3H3. The zero-order valence-electron chi connectivity index (χ0n) is 23.9. The minimum Gasteiger partial charge on any atom is -0.382 e. The molecule has 40 heavy (non-hydrogen) atoms. The lowest BCUT2D eigenvalue weighted by Crippen LogP contribution is -2.43. The lowest BCUT2D eigenvalue weighted by Gasteiger charge is -2.33. The number of hydrogen-bond donors (Lipinski definition) is 1. The molecule has 218 valence electrons. The molecule has 2 saturated heterocycles. The number of nitrogens with one attached hydrogen (secondary N) is 1. The molecule has 2 aliphatic heterocycles. The van der Waals surface area contributed by atoms with Gasteiger partial charge in [-0.15, -0.1) is 0 Å². The number of rotatable bonds is 6. The van der Waals surface area contributed by atoms with E-state index in [0.717, 1.165) is 51.6 Å². The summed E-state index contributed by atoms with van der Waals surface area (Å²) >= 11 is 0. The third kappa shape index (κ3) is 7.88. The van der Waals surface area contributed by atoms with Crippen molar-refractivity contribution in [2.24, 2.45) is 5.41 Å². The molecular formula is C31H42F3N5O. The Balaban J connectivity index is 1.19. The van der Waals surface area contributed by atoms with Crippen LogP contribution in [-0.2, 0) is 11.0 Å². The molecule has 0 spiro atoms. The van der Waals surface area contributed by atoms with E-state index < -0.39 is 11.7 Å². The van der Waals surface area contributed by atoms with Gasteiger partial charge in [0.1, 0.15) is 0 Å². The fourth-order valence-electron chi connectivity index (χ4n) is 5.87. The van der Waals surface area contributed by atoms with Crippen molar-refractivity contribution in [3.05, 3.63) is 53.1 Å². The van der Waals surface area contributed by atoms with E-state index in [2.05, 4.69) is 54.1 Å². The van der Waals surface area contributed by atoms with E-state index >= 15 is 0 Å². The van der Waals surface area contributed by atoms with Crippen molar-refractivity contribution in [2.45, 2.75) is 71.1 Å². The topological polar surface area (TPSA) is 62.6 Å². The molecule has 0 aromatic heterocycles. The Morgan fingerprint density at radius 2 is 1.82 bits per heavy atom. The SMILES string of the molecule is CC(C)(C)C1=CCC(N2CCCN(CCC(=O)N3CCC(Nc4ccc(C#N)c(C(F)(F)F)c4)CC3)CC2)C=C1. The van der Waals surface area contributed by atoms with Gasteiger partial charge in [-0.05, 0) is 61.4 Å². The molecule has 1 unspecified atom stereocenters. The van der Waals surface area contributed by atoms with Crippen molar-refractivity contribution >= 4 is 11.6 Å². The summed E-state index contributed by atoms with van der Waals surface area (Å²) in [7, 11) is 0. The van der Waals surface area contributed by atoms with E-state index in [1.54, 1.807) is 6.07 Å². The lowest BCUT2D eigenvalue weighted by atomic mass is 9.83. The molecular weight excluding hydrogens is 515 g/mol. The van der Waals surface area contributed by atoms with E-state index in [1.165, 1.54) is 17.7 Å². The second kappa shape index (κ2) is 12.8. The summed E-state index contributed by atoms with van der Waals surface area (Å²) in [6.45, 7) is 12.7. The van der Waals surface area contributed by atoms with Crippen LogP contribution >= 0.6 is 0 Å². The van der Waals surface area contributed by atoms with Crippen LogP contribution in [0.3, 0.4) is 0 Å². The molecule has 0 bridgehead atoms. The summed E-state index contributed by atoms with van der Waals surface area (Å²) in [5.74, 6) is 0.146. The zero-order chi connectivity index (χ0) is 28.9. The molecule has 1 N–H and O–H groups in total. The average Bonchev–Trinajstić information content (AvgIpc) is 3.17. The van der Waals surface area contributed by atoms with Crippen LogP contribution in [0.4, 0.5) is 18.9 Å². The number of hydrogen-bond acceptors (Lipinski definition) is 5. The average molecular weight is 558 g/mol. The van der Waals surface area contributed by atoms with Crippen LogP contribution in [0.1, 0.15) is 64.0 Å². The summed E-state index contributed by atoms with van der Waals surface area (Å²) in [5.41, 5.74) is 0.629. The number of nitrogens with zero attached hydrogens (tertiary/aromatic N) is 4. The van der Waals surface area contributed by atoms with Gasteiger partial charge >= 0.3 is 6.18 Å². The van der Waals surface area contributed by atoms with Gasteiger partial charge in [-0.2, -0.15) is 18.4 Å². The molecule has 6 nitrogen and oxygen atoms in total. The number of piperidine rings is 1. The summed E-state index contributed by atoms with van der Waals surface area (Å²) in [4.78, 5) is 19.8. The molecule has 1 atom stereocenters. The number of carbonyl (C=O) groups is 1. The van der Waals surface area contributed by atoms with E-state index in [9.17, 15) is 18.0 Å². The van der Waals surface area contributed by atoms with Gasteiger partial charge in [-0.25, -0.2) is 0 Å². The smallest absolute Gasteiger partial charge is 0.382 e. The Hall–Kier alpha value is -2.83. The second-order valence-electron chi connectivity index (χ2n) is 12.2.